The summed E-state index contributed by atoms with van der Waals surface area (Å²) in [6.45, 7) is 4.38. The van der Waals surface area contributed by atoms with E-state index in [-0.39, 0.29) is 6.04 Å². The summed E-state index contributed by atoms with van der Waals surface area (Å²) in [6, 6.07) is 0.154. The molecule has 0 spiro atoms. The highest BCUT2D eigenvalue weighted by Gasteiger charge is 2.21. The monoisotopic (exact) mass is 238 g/mol. The predicted octanol–water partition coefficient (Wildman–Crippen LogP) is 1.23. The molecule has 1 saturated heterocycles. The molecule has 1 fully saturated rings. The Morgan fingerprint density at radius 3 is 3.12 bits per heavy atom. The first-order chi connectivity index (χ1) is 8.19. The average Bonchev–Trinajstić information content (AvgIpc) is 2.76. The van der Waals surface area contributed by atoms with Crippen LogP contribution in [0.3, 0.4) is 0 Å². The number of aromatic nitrogens is 2. The fourth-order valence-corrected chi connectivity index (χ4v) is 2.34. The third-order valence-electron chi connectivity index (χ3n) is 3.49. The van der Waals surface area contributed by atoms with Crippen LogP contribution in [0.25, 0.3) is 0 Å². The molecule has 1 aliphatic heterocycles. The van der Waals surface area contributed by atoms with Crippen LogP contribution in [-0.4, -0.2) is 42.2 Å². The van der Waals surface area contributed by atoms with Gasteiger partial charge in [0.25, 0.3) is 0 Å². The van der Waals surface area contributed by atoms with Gasteiger partial charge in [0.2, 0.25) is 5.89 Å². The van der Waals surface area contributed by atoms with Gasteiger partial charge in [0.1, 0.15) is 0 Å². The lowest BCUT2D eigenvalue weighted by Crippen LogP contribution is -2.33. The fraction of sp³-hybridized carbons (Fsp3) is 0.833. The van der Waals surface area contributed by atoms with E-state index < -0.39 is 0 Å². The normalized spacial score (nSPS) is 23.8. The largest absolute Gasteiger partial charge is 0.339 e. The highest BCUT2D eigenvalue weighted by molar-refractivity contribution is 4.93. The van der Waals surface area contributed by atoms with Crippen LogP contribution in [0.5, 0.6) is 0 Å². The Labute approximate surface area is 103 Å². The van der Waals surface area contributed by atoms with E-state index in [1.165, 1.54) is 19.4 Å². The molecule has 0 aromatic carbocycles. The Hall–Kier alpha value is -0.940. The van der Waals surface area contributed by atoms with Gasteiger partial charge in [0, 0.05) is 13.0 Å². The SMILES string of the molecule is CNC(C)c1noc(CC2CCCN(C)C2)n1. The number of piperidine rings is 1. The summed E-state index contributed by atoms with van der Waals surface area (Å²) in [6.07, 6.45) is 3.45. The van der Waals surface area contributed by atoms with Crippen LogP contribution in [0.1, 0.15) is 37.5 Å². The molecule has 2 unspecified atom stereocenters. The van der Waals surface area contributed by atoms with Gasteiger partial charge in [-0.25, -0.2) is 0 Å². The smallest absolute Gasteiger partial charge is 0.227 e. The van der Waals surface area contributed by atoms with Gasteiger partial charge in [-0.15, -0.1) is 0 Å². The molecule has 0 bridgehead atoms. The molecular formula is C12H22N4O. The number of nitrogens with zero attached hydrogens (tertiary/aromatic N) is 3. The summed E-state index contributed by atoms with van der Waals surface area (Å²) < 4.78 is 5.31. The summed E-state index contributed by atoms with van der Waals surface area (Å²) in [7, 11) is 4.07. The number of likely N-dealkylation sites (tertiary alicyclic amines) is 1. The highest BCUT2D eigenvalue weighted by Crippen LogP contribution is 2.19. The van der Waals surface area contributed by atoms with Crippen molar-refractivity contribution in [2.75, 3.05) is 27.2 Å². The topological polar surface area (TPSA) is 54.2 Å². The van der Waals surface area contributed by atoms with E-state index in [1.54, 1.807) is 0 Å². The molecule has 96 valence electrons. The minimum atomic E-state index is 0.154. The molecule has 5 nitrogen and oxygen atoms in total. The van der Waals surface area contributed by atoms with Crippen molar-refractivity contribution >= 4 is 0 Å². The number of nitrogens with one attached hydrogen (secondary N) is 1. The van der Waals surface area contributed by atoms with E-state index in [0.717, 1.165) is 24.7 Å². The first-order valence-corrected chi connectivity index (χ1v) is 6.37. The van der Waals surface area contributed by atoms with Crippen LogP contribution >= 0.6 is 0 Å². The number of rotatable bonds is 4. The van der Waals surface area contributed by atoms with Crippen molar-refractivity contribution in [1.82, 2.24) is 20.4 Å². The van der Waals surface area contributed by atoms with E-state index in [9.17, 15) is 0 Å². The second kappa shape index (κ2) is 5.60. The molecule has 2 atom stereocenters. The van der Waals surface area contributed by atoms with Crippen molar-refractivity contribution in [2.24, 2.45) is 5.92 Å². The Kier molecular flexibility index (Phi) is 4.12. The second-order valence-corrected chi connectivity index (χ2v) is 5.03. The van der Waals surface area contributed by atoms with Crippen molar-refractivity contribution in [2.45, 2.75) is 32.2 Å². The average molecular weight is 238 g/mol. The third-order valence-corrected chi connectivity index (χ3v) is 3.49. The van der Waals surface area contributed by atoms with Gasteiger partial charge in [0.15, 0.2) is 5.82 Å². The van der Waals surface area contributed by atoms with Gasteiger partial charge in [-0.05, 0) is 46.3 Å². The number of hydrogen-bond donors (Lipinski definition) is 1. The molecule has 0 saturated carbocycles. The maximum Gasteiger partial charge on any atom is 0.227 e. The van der Waals surface area contributed by atoms with E-state index in [0.29, 0.717) is 5.92 Å². The minimum absolute atomic E-state index is 0.154. The zero-order valence-electron chi connectivity index (χ0n) is 10.9. The molecule has 17 heavy (non-hydrogen) atoms. The lowest BCUT2D eigenvalue weighted by Gasteiger charge is -2.28. The molecule has 1 N–H and O–H groups in total. The van der Waals surface area contributed by atoms with Crippen molar-refractivity contribution in [3.8, 4) is 0 Å². The first kappa shape index (κ1) is 12.5. The van der Waals surface area contributed by atoms with Crippen LogP contribution in [-0.2, 0) is 6.42 Å². The third kappa shape index (κ3) is 3.26. The van der Waals surface area contributed by atoms with E-state index >= 15 is 0 Å². The van der Waals surface area contributed by atoms with Crippen molar-refractivity contribution in [3.63, 3.8) is 0 Å². The summed E-state index contributed by atoms with van der Waals surface area (Å²) in [5.41, 5.74) is 0. The predicted molar refractivity (Wildman–Crippen MR) is 65.7 cm³/mol. The summed E-state index contributed by atoms with van der Waals surface area (Å²) >= 11 is 0. The number of hydrogen-bond acceptors (Lipinski definition) is 5. The highest BCUT2D eigenvalue weighted by atomic mass is 16.5. The fourth-order valence-electron chi connectivity index (χ4n) is 2.34. The lowest BCUT2D eigenvalue weighted by atomic mass is 9.95. The quantitative estimate of drug-likeness (QED) is 0.855. The van der Waals surface area contributed by atoms with Gasteiger partial charge in [0.05, 0.1) is 6.04 Å². The molecule has 5 heteroatoms. The van der Waals surface area contributed by atoms with E-state index in [2.05, 4.69) is 27.4 Å². The summed E-state index contributed by atoms with van der Waals surface area (Å²) in [4.78, 5) is 6.82. The standard InChI is InChI=1S/C12H22N4O/c1-9(13-2)12-14-11(17-15-12)7-10-5-4-6-16(3)8-10/h9-10,13H,4-8H2,1-3H3. The maximum absolute atomic E-state index is 5.31. The van der Waals surface area contributed by atoms with Gasteiger partial charge < -0.3 is 14.7 Å². The minimum Gasteiger partial charge on any atom is -0.339 e. The van der Waals surface area contributed by atoms with Crippen LogP contribution in [0, 0.1) is 5.92 Å². The van der Waals surface area contributed by atoms with Gasteiger partial charge in [-0.1, -0.05) is 5.16 Å². The maximum atomic E-state index is 5.31. The van der Waals surface area contributed by atoms with Crippen molar-refractivity contribution in [3.05, 3.63) is 11.7 Å². The van der Waals surface area contributed by atoms with Gasteiger partial charge >= 0.3 is 0 Å². The van der Waals surface area contributed by atoms with Crippen molar-refractivity contribution in [1.29, 1.82) is 0 Å². The zero-order valence-corrected chi connectivity index (χ0v) is 10.9. The molecule has 1 aromatic rings. The molecule has 2 rings (SSSR count). The molecule has 1 aliphatic rings. The van der Waals surface area contributed by atoms with Gasteiger partial charge in [-0.3, -0.25) is 0 Å². The lowest BCUT2D eigenvalue weighted by molar-refractivity contribution is 0.199. The molecular weight excluding hydrogens is 216 g/mol. The van der Waals surface area contributed by atoms with Crippen molar-refractivity contribution < 1.29 is 4.52 Å². The molecule has 0 amide bonds. The van der Waals surface area contributed by atoms with E-state index in [1.807, 2.05) is 14.0 Å². The van der Waals surface area contributed by atoms with E-state index in [4.69, 9.17) is 4.52 Å². The summed E-state index contributed by atoms with van der Waals surface area (Å²) in [5.74, 6) is 2.20. The zero-order chi connectivity index (χ0) is 12.3. The Morgan fingerprint density at radius 1 is 1.59 bits per heavy atom. The Bertz CT molecular complexity index is 352. The Morgan fingerprint density at radius 2 is 2.41 bits per heavy atom. The molecule has 0 radical (unpaired) electrons. The first-order valence-electron chi connectivity index (χ1n) is 6.37. The summed E-state index contributed by atoms with van der Waals surface area (Å²) in [5, 5.41) is 7.12. The van der Waals surface area contributed by atoms with Crippen LogP contribution in [0.15, 0.2) is 4.52 Å². The Balaban J connectivity index is 1.92. The molecule has 2 heterocycles. The van der Waals surface area contributed by atoms with Crippen LogP contribution < -0.4 is 5.32 Å². The van der Waals surface area contributed by atoms with Crippen LogP contribution in [0.2, 0.25) is 0 Å². The van der Waals surface area contributed by atoms with Crippen LogP contribution in [0.4, 0.5) is 0 Å². The second-order valence-electron chi connectivity index (χ2n) is 5.03. The molecule has 1 aromatic heterocycles. The van der Waals surface area contributed by atoms with Gasteiger partial charge in [-0.2, -0.15) is 4.98 Å². The molecule has 0 aliphatic carbocycles.